The lowest BCUT2D eigenvalue weighted by Gasteiger charge is -2.17. The van der Waals surface area contributed by atoms with Crippen molar-refractivity contribution in [3.63, 3.8) is 0 Å². The SMILES string of the molecule is CC(C)c1cc(C(F)(F)F)c(F)c(C(F)(F)F)c1. The van der Waals surface area contributed by atoms with Crippen molar-refractivity contribution < 1.29 is 30.7 Å². The van der Waals surface area contributed by atoms with Crippen LogP contribution in [0.3, 0.4) is 0 Å². The van der Waals surface area contributed by atoms with Crippen molar-refractivity contribution in [1.29, 1.82) is 0 Å². The van der Waals surface area contributed by atoms with Gasteiger partial charge in [0, 0.05) is 0 Å². The average molecular weight is 274 g/mol. The smallest absolute Gasteiger partial charge is 0.206 e. The zero-order valence-electron chi connectivity index (χ0n) is 9.38. The summed E-state index contributed by atoms with van der Waals surface area (Å²) in [4.78, 5) is 0. The molecule has 0 aromatic heterocycles. The van der Waals surface area contributed by atoms with E-state index in [-0.39, 0.29) is 5.56 Å². The molecule has 0 aliphatic carbocycles. The van der Waals surface area contributed by atoms with E-state index in [1.54, 1.807) is 0 Å². The highest BCUT2D eigenvalue weighted by Gasteiger charge is 2.42. The Morgan fingerprint density at radius 2 is 1.17 bits per heavy atom. The summed E-state index contributed by atoms with van der Waals surface area (Å²) >= 11 is 0. The number of hydrogen-bond donors (Lipinski definition) is 0. The molecule has 0 spiro atoms. The molecule has 1 aromatic rings. The molecule has 1 aromatic carbocycles. The molecule has 0 saturated heterocycles. The number of hydrogen-bond acceptors (Lipinski definition) is 0. The summed E-state index contributed by atoms with van der Waals surface area (Å²) < 4.78 is 88.0. The molecular weight excluding hydrogens is 265 g/mol. The van der Waals surface area contributed by atoms with Gasteiger partial charge in [-0.15, -0.1) is 0 Å². The van der Waals surface area contributed by atoms with Crippen LogP contribution in [0.25, 0.3) is 0 Å². The summed E-state index contributed by atoms with van der Waals surface area (Å²) in [6.07, 6.45) is -10.3. The van der Waals surface area contributed by atoms with Crippen molar-refractivity contribution in [3.8, 4) is 0 Å². The van der Waals surface area contributed by atoms with Crippen molar-refractivity contribution in [2.45, 2.75) is 32.1 Å². The van der Waals surface area contributed by atoms with Crippen molar-refractivity contribution in [2.24, 2.45) is 0 Å². The molecule has 1 rings (SSSR count). The largest absolute Gasteiger partial charge is 0.419 e. The van der Waals surface area contributed by atoms with E-state index in [4.69, 9.17) is 0 Å². The van der Waals surface area contributed by atoms with Gasteiger partial charge in [0.15, 0.2) is 0 Å². The fourth-order valence-corrected chi connectivity index (χ4v) is 1.39. The molecular formula is C11H9F7. The third kappa shape index (κ3) is 2.94. The van der Waals surface area contributed by atoms with Crippen LogP contribution in [0, 0.1) is 5.82 Å². The van der Waals surface area contributed by atoms with Crippen LogP contribution in [0.15, 0.2) is 12.1 Å². The first-order valence-electron chi connectivity index (χ1n) is 4.92. The fourth-order valence-electron chi connectivity index (χ4n) is 1.39. The Morgan fingerprint density at radius 3 is 1.39 bits per heavy atom. The molecule has 0 aliphatic heterocycles. The lowest BCUT2D eigenvalue weighted by Crippen LogP contribution is -2.16. The van der Waals surface area contributed by atoms with Gasteiger partial charge in [0.1, 0.15) is 5.82 Å². The maximum absolute atomic E-state index is 13.3. The standard InChI is InChI=1S/C11H9F7/c1-5(2)6-3-7(10(13,14)15)9(12)8(4-6)11(16,17)18/h3-5H,1-2H3. The van der Waals surface area contributed by atoms with E-state index in [0.29, 0.717) is 12.1 Å². The highest BCUT2D eigenvalue weighted by Crippen LogP contribution is 2.40. The molecule has 0 amide bonds. The van der Waals surface area contributed by atoms with Crippen LogP contribution in [0.1, 0.15) is 36.5 Å². The van der Waals surface area contributed by atoms with E-state index in [1.165, 1.54) is 13.8 Å². The van der Waals surface area contributed by atoms with Crippen molar-refractivity contribution in [3.05, 3.63) is 34.6 Å². The van der Waals surface area contributed by atoms with Crippen molar-refractivity contribution >= 4 is 0 Å². The van der Waals surface area contributed by atoms with Gasteiger partial charge in [-0.2, -0.15) is 26.3 Å². The Hall–Kier alpha value is -1.27. The Balaban J connectivity index is 3.59. The zero-order valence-corrected chi connectivity index (χ0v) is 9.38. The lowest BCUT2D eigenvalue weighted by molar-refractivity contribution is -0.147. The normalized spacial score (nSPS) is 13.2. The van der Waals surface area contributed by atoms with Gasteiger partial charge in [0.05, 0.1) is 11.1 Å². The quantitative estimate of drug-likeness (QED) is 0.633. The highest BCUT2D eigenvalue weighted by molar-refractivity contribution is 5.36. The van der Waals surface area contributed by atoms with Gasteiger partial charge in [0.25, 0.3) is 0 Å². The summed E-state index contributed by atoms with van der Waals surface area (Å²) in [5.41, 5.74) is -3.99. The van der Waals surface area contributed by atoms with Crippen molar-refractivity contribution in [2.75, 3.05) is 0 Å². The van der Waals surface area contributed by atoms with Gasteiger partial charge in [-0.3, -0.25) is 0 Å². The molecule has 0 fully saturated rings. The fraction of sp³-hybridized carbons (Fsp3) is 0.455. The average Bonchev–Trinajstić information content (AvgIpc) is 2.13. The lowest BCUT2D eigenvalue weighted by atomic mass is 9.96. The predicted octanol–water partition coefficient (Wildman–Crippen LogP) is 4.99. The second-order valence-corrected chi connectivity index (χ2v) is 4.08. The number of rotatable bonds is 1. The Morgan fingerprint density at radius 1 is 0.833 bits per heavy atom. The minimum absolute atomic E-state index is 0.212. The van der Waals surface area contributed by atoms with Crippen LogP contribution in [0.4, 0.5) is 30.7 Å². The monoisotopic (exact) mass is 274 g/mol. The molecule has 0 unspecified atom stereocenters. The molecule has 0 saturated carbocycles. The van der Waals surface area contributed by atoms with Gasteiger partial charge in [-0.05, 0) is 23.6 Å². The van der Waals surface area contributed by atoms with Gasteiger partial charge in [0.2, 0.25) is 0 Å². The van der Waals surface area contributed by atoms with E-state index < -0.39 is 35.2 Å². The predicted molar refractivity (Wildman–Crippen MR) is 50.5 cm³/mol. The summed E-state index contributed by atoms with van der Waals surface area (Å²) in [5, 5.41) is 0. The number of alkyl halides is 6. The Labute approximate surface area is 98.4 Å². The molecule has 7 heteroatoms. The molecule has 0 bridgehead atoms. The van der Waals surface area contributed by atoms with Gasteiger partial charge in [-0.1, -0.05) is 13.8 Å². The topological polar surface area (TPSA) is 0 Å². The second-order valence-electron chi connectivity index (χ2n) is 4.08. The van der Waals surface area contributed by atoms with E-state index >= 15 is 0 Å². The minimum Gasteiger partial charge on any atom is -0.206 e. The van der Waals surface area contributed by atoms with E-state index in [9.17, 15) is 30.7 Å². The minimum atomic E-state index is -5.16. The summed E-state index contributed by atoms with van der Waals surface area (Å²) in [7, 11) is 0. The van der Waals surface area contributed by atoms with Crippen LogP contribution in [0.5, 0.6) is 0 Å². The maximum Gasteiger partial charge on any atom is 0.419 e. The van der Waals surface area contributed by atoms with Crippen LogP contribution in [0.2, 0.25) is 0 Å². The van der Waals surface area contributed by atoms with Gasteiger partial charge in [-0.25, -0.2) is 4.39 Å². The van der Waals surface area contributed by atoms with Gasteiger partial charge < -0.3 is 0 Å². The highest BCUT2D eigenvalue weighted by atomic mass is 19.4. The van der Waals surface area contributed by atoms with Gasteiger partial charge >= 0.3 is 12.4 Å². The number of halogens is 7. The van der Waals surface area contributed by atoms with Crippen molar-refractivity contribution in [1.82, 2.24) is 0 Å². The summed E-state index contributed by atoms with van der Waals surface area (Å²) in [6.45, 7) is 2.85. The van der Waals surface area contributed by atoms with Crippen LogP contribution >= 0.6 is 0 Å². The Kier molecular flexibility index (Phi) is 3.65. The first kappa shape index (κ1) is 14.8. The first-order valence-corrected chi connectivity index (χ1v) is 4.92. The number of benzene rings is 1. The third-order valence-electron chi connectivity index (χ3n) is 2.37. The Bertz CT molecular complexity index is 405. The zero-order chi connectivity index (χ0) is 14.3. The van der Waals surface area contributed by atoms with E-state index in [1.807, 2.05) is 0 Å². The summed E-state index contributed by atoms with van der Waals surface area (Å²) in [5.74, 6) is -2.85. The molecule has 0 atom stereocenters. The molecule has 102 valence electrons. The molecule has 0 aliphatic rings. The van der Waals surface area contributed by atoms with Crippen LogP contribution in [-0.4, -0.2) is 0 Å². The van der Waals surface area contributed by atoms with E-state index in [0.717, 1.165) is 0 Å². The van der Waals surface area contributed by atoms with Crippen LogP contribution < -0.4 is 0 Å². The molecule has 0 N–H and O–H groups in total. The molecule has 0 nitrogen and oxygen atoms in total. The summed E-state index contributed by atoms with van der Waals surface area (Å²) in [6, 6.07) is 0.824. The molecule has 18 heavy (non-hydrogen) atoms. The van der Waals surface area contributed by atoms with Crippen LogP contribution in [-0.2, 0) is 12.4 Å². The molecule has 0 heterocycles. The first-order chi connectivity index (χ1) is 7.94. The van der Waals surface area contributed by atoms with E-state index in [2.05, 4.69) is 0 Å². The maximum atomic E-state index is 13.3. The second kappa shape index (κ2) is 4.44. The molecule has 0 radical (unpaired) electrons. The third-order valence-corrected chi connectivity index (χ3v) is 2.37.